The first kappa shape index (κ1) is 12.4. The summed E-state index contributed by atoms with van der Waals surface area (Å²) in [5.41, 5.74) is 1.05. The lowest BCUT2D eigenvalue weighted by molar-refractivity contribution is 0.749. The Morgan fingerprint density at radius 3 is 2.71 bits per heavy atom. The summed E-state index contributed by atoms with van der Waals surface area (Å²) in [6.07, 6.45) is 0. The van der Waals surface area contributed by atoms with Gasteiger partial charge in [-0.1, -0.05) is 55.1 Å². The molecule has 90 valence electrons. The van der Waals surface area contributed by atoms with Gasteiger partial charge in [0.2, 0.25) is 5.13 Å². The van der Waals surface area contributed by atoms with Crippen molar-refractivity contribution in [3.8, 4) is 0 Å². The van der Waals surface area contributed by atoms with Crippen LogP contribution >= 0.6 is 23.1 Å². The second-order valence-electron chi connectivity index (χ2n) is 4.07. The number of hydrogen-bond acceptors (Lipinski definition) is 5. The van der Waals surface area contributed by atoms with Gasteiger partial charge in [0, 0.05) is 11.4 Å². The average molecular weight is 265 g/mol. The van der Waals surface area contributed by atoms with E-state index in [0.717, 1.165) is 20.9 Å². The highest BCUT2D eigenvalue weighted by Gasteiger charge is 2.05. The van der Waals surface area contributed by atoms with Crippen LogP contribution in [0.2, 0.25) is 0 Å². The Morgan fingerprint density at radius 2 is 2.00 bits per heavy atom. The lowest BCUT2D eigenvalue weighted by Crippen LogP contribution is -1.89. The molecule has 0 amide bonds. The lowest BCUT2D eigenvalue weighted by atomic mass is 10.3. The van der Waals surface area contributed by atoms with E-state index in [1.807, 2.05) is 30.3 Å². The second kappa shape index (κ2) is 6.02. The molecule has 0 bridgehead atoms. The number of anilines is 2. The van der Waals surface area contributed by atoms with Crippen LogP contribution in [0.15, 0.2) is 34.7 Å². The molecule has 1 N–H and O–H groups in total. The van der Waals surface area contributed by atoms with Gasteiger partial charge in [0.05, 0.1) is 0 Å². The van der Waals surface area contributed by atoms with Gasteiger partial charge < -0.3 is 5.32 Å². The molecular formula is C12H15N3S2. The molecule has 0 unspecified atom stereocenters. The summed E-state index contributed by atoms with van der Waals surface area (Å²) < 4.78 is 1.03. The number of nitrogens with zero attached hydrogens (tertiary/aromatic N) is 2. The van der Waals surface area contributed by atoms with E-state index in [-0.39, 0.29) is 0 Å². The van der Waals surface area contributed by atoms with Crippen LogP contribution in [0.3, 0.4) is 0 Å². The molecule has 1 aromatic carbocycles. The molecule has 17 heavy (non-hydrogen) atoms. The zero-order valence-electron chi connectivity index (χ0n) is 9.88. The monoisotopic (exact) mass is 265 g/mol. The van der Waals surface area contributed by atoms with Crippen LogP contribution in [0, 0.1) is 5.92 Å². The van der Waals surface area contributed by atoms with Crippen molar-refractivity contribution in [1.82, 2.24) is 10.2 Å². The minimum Gasteiger partial charge on any atom is -0.330 e. The molecule has 2 rings (SSSR count). The molecule has 1 aromatic heterocycles. The fraction of sp³-hybridized carbons (Fsp3) is 0.333. The summed E-state index contributed by atoms with van der Waals surface area (Å²) in [5, 5.41) is 12.4. The molecule has 0 atom stereocenters. The summed E-state index contributed by atoms with van der Waals surface area (Å²) >= 11 is 3.36. The molecule has 0 radical (unpaired) electrons. The number of benzene rings is 1. The van der Waals surface area contributed by atoms with E-state index in [9.17, 15) is 0 Å². The number of hydrogen-bond donors (Lipinski definition) is 1. The number of rotatable bonds is 5. The fourth-order valence-electron chi connectivity index (χ4n) is 1.20. The average Bonchev–Trinajstić information content (AvgIpc) is 2.75. The summed E-state index contributed by atoms with van der Waals surface area (Å²) in [7, 11) is 0. The SMILES string of the molecule is CC(C)CSc1nnc(Nc2ccccc2)s1. The maximum atomic E-state index is 4.15. The third kappa shape index (κ3) is 4.02. The minimum atomic E-state index is 0.675. The molecule has 0 saturated heterocycles. The first-order valence-electron chi connectivity index (χ1n) is 5.52. The molecule has 0 aliphatic carbocycles. The van der Waals surface area contributed by atoms with Gasteiger partial charge in [-0.05, 0) is 18.1 Å². The van der Waals surface area contributed by atoms with Crippen molar-refractivity contribution in [1.29, 1.82) is 0 Å². The maximum absolute atomic E-state index is 4.15. The fourth-order valence-corrected chi connectivity index (χ4v) is 2.95. The van der Waals surface area contributed by atoms with Crippen LogP contribution in [0.25, 0.3) is 0 Å². The normalized spacial score (nSPS) is 10.8. The van der Waals surface area contributed by atoms with Crippen LogP contribution in [0.1, 0.15) is 13.8 Å². The molecule has 0 fully saturated rings. The van der Waals surface area contributed by atoms with E-state index in [1.54, 1.807) is 23.1 Å². The number of thioether (sulfide) groups is 1. The van der Waals surface area contributed by atoms with Gasteiger partial charge >= 0.3 is 0 Å². The largest absolute Gasteiger partial charge is 0.330 e. The van der Waals surface area contributed by atoms with Gasteiger partial charge in [0.1, 0.15) is 0 Å². The van der Waals surface area contributed by atoms with Crippen LogP contribution < -0.4 is 5.32 Å². The molecule has 1 heterocycles. The molecule has 0 aliphatic heterocycles. The number of nitrogens with one attached hydrogen (secondary N) is 1. The third-order valence-electron chi connectivity index (χ3n) is 1.97. The van der Waals surface area contributed by atoms with E-state index in [0.29, 0.717) is 5.92 Å². The van der Waals surface area contributed by atoms with Crippen molar-refractivity contribution >= 4 is 33.9 Å². The molecule has 0 saturated carbocycles. The van der Waals surface area contributed by atoms with E-state index < -0.39 is 0 Å². The van der Waals surface area contributed by atoms with E-state index in [1.165, 1.54) is 0 Å². The van der Waals surface area contributed by atoms with Crippen molar-refractivity contribution in [2.24, 2.45) is 5.92 Å². The smallest absolute Gasteiger partial charge is 0.210 e. The molecular weight excluding hydrogens is 250 g/mol. The Balaban J connectivity index is 1.94. The van der Waals surface area contributed by atoms with Crippen molar-refractivity contribution in [3.05, 3.63) is 30.3 Å². The Kier molecular flexibility index (Phi) is 4.39. The molecule has 0 spiro atoms. The van der Waals surface area contributed by atoms with Crippen LogP contribution in [-0.2, 0) is 0 Å². The Bertz CT molecular complexity index is 454. The van der Waals surface area contributed by atoms with Crippen LogP contribution in [0.4, 0.5) is 10.8 Å². The van der Waals surface area contributed by atoms with Crippen LogP contribution in [-0.4, -0.2) is 16.0 Å². The predicted molar refractivity (Wildman–Crippen MR) is 75.2 cm³/mol. The summed E-state index contributed by atoms with van der Waals surface area (Å²) in [4.78, 5) is 0. The zero-order chi connectivity index (χ0) is 12.1. The first-order valence-corrected chi connectivity index (χ1v) is 7.32. The van der Waals surface area contributed by atoms with Crippen LogP contribution in [0.5, 0.6) is 0 Å². The summed E-state index contributed by atoms with van der Waals surface area (Å²) in [6, 6.07) is 10.0. The van der Waals surface area contributed by atoms with Crippen molar-refractivity contribution in [2.75, 3.05) is 11.1 Å². The highest BCUT2D eigenvalue weighted by molar-refractivity contribution is 8.01. The van der Waals surface area contributed by atoms with Gasteiger partial charge in [-0.3, -0.25) is 0 Å². The maximum Gasteiger partial charge on any atom is 0.210 e. The summed E-state index contributed by atoms with van der Waals surface area (Å²) in [6.45, 7) is 4.41. The highest BCUT2D eigenvalue weighted by Crippen LogP contribution is 2.28. The lowest BCUT2D eigenvalue weighted by Gasteiger charge is -2.00. The number of aromatic nitrogens is 2. The molecule has 3 nitrogen and oxygen atoms in total. The topological polar surface area (TPSA) is 37.8 Å². The van der Waals surface area contributed by atoms with Crippen molar-refractivity contribution in [2.45, 2.75) is 18.2 Å². The molecule has 2 aromatic rings. The first-order chi connectivity index (χ1) is 8.24. The predicted octanol–water partition coefficient (Wildman–Crippen LogP) is 4.03. The Morgan fingerprint density at radius 1 is 1.24 bits per heavy atom. The molecule has 0 aliphatic rings. The Labute approximate surface area is 110 Å². The standard InChI is InChI=1S/C12H15N3S2/c1-9(2)8-16-12-15-14-11(17-12)13-10-6-4-3-5-7-10/h3-7,9H,8H2,1-2H3,(H,13,14). The Hall–Kier alpha value is -1.07. The second-order valence-corrected chi connectivity index (χ2v) is 6.31. The van der Waals surface area contributed by atoms with E-state index in [2.05, 4.69) is 29.4 Å². The van der Waals surface area contributed by atoms with E-state index >= 15 is 0 Å². The van der Waals surface area contributed by atoms with Gasteiger partial charge in [0.25, 0.3) is 0 Å². The van der Waals surface area contributed by atoms with Crippen molar-refractivity contribution < 1.29 is 0 Å². The number of para-hydroxylation sites is 1. The van der Waals surface area contributed by atoms with Gasteiger partial charge in [-0.2, -0.15) is 0 Å². The summed E-state index contributed by atoms with van der Waals surface area (Å²) in [5.74, 6) is 1.76. The third-order valence-corrected chi connectivity index (χ3v) is 4.37. The van der Waals surface area contributed by atoms with Crippen molar-refractivity contribution in [3.63, 3.8) is 0 Å². The zero-order valence-corrected chi connectivity index (χ0v) is 11.5. The van der Waals surface area contributed by atoms with Gasteiger partial charge in [0.15, 0.2) is 4.34 Å². The minimum absolute atomic E-state index is 0.675. The highest BCUT2D eigenvalue weighted by atomic mass is 32.2. The van der Waals surface area contributed by atoms with Gasteiger partial charge in [-0.15, -0.1) is 10.2 Å². The van der Waals surface area contributed by atoms with Gasteiger partial charge in [-0.25, -0.2) is 0 Å². The quantitative estimate of drug-likeness (QED) is 0.828. The van der Waals surface area contributed by atoms with E-state index in [4.69, 9.17) is 0 Å². The molecule has 5 heteroatoms.